The third-order valence-corrected chi connectivity index (χ3v) is 6.29. The Kier molecular flexibility index (Phi) is 6.10. The number of nitrogens with zero attached hydrogens (tertiary/aromatic N) is 2. The van der Waals surface area contributed by atoms with Gasteiger partial charge in [-0.15, -0.1) is 0 Å². The lowest BCUT2D eigenvalue weighted by molar-refractivity contribution is 0.414. The number of aliphatic imine (C=N–C) groups is 2. The molecule has 1 aliphatic rings. The summed E-state index contributed by atoms with van der Waals surface area (Å²) >= 11 is 6.68. The molecule has 0 aliphatic carbocycles. The topological polar surface area (TPSA) is 43.2 Å². The van der Waals surface area contributed by atoms with Crippen LogP contribution in [0.5, 0.6) is 11.5 Å². The highest BCUT2D eigenvalue weighted by Crippen LogP contribution is 2.44. The molecule has 0 unspecified atom stereocenters. The van der Waals surface area contributed by atoms with Crippen molar-refractivity contribution in [2.75, 3.05) is 14.2 Å². The molecule has 0 atom stereocenters. The first kappa shape index (κ1) is 22.8. The highest BCUT2D eigenvalue weighted by Gasteiger charge is 2.43. The lowest BCUT2D eigenvalue weighted by Crippen LogP contribution is -2.23. The smallest absolute Gasteiger partial charge is 0.207 e. The molecule has 174 valence electrons. The van der Waals surface area contributed by atoms with Crippen LogP contribution >= 0.6 is 11.6 Å². The molecule has 1 heterocycles. The predicted molar refractivity (Wildman–Crippen MR) is 138 cm³/mol. The maximum Gasteiger partial charge on any atom is 0.207 e. The van der Waals surface area contributed by atoms with E-state index in [1.807, 2.05) is 66.7 Å². The third-order valence-electron chi connectivity index (χ3n) is 5.96. The first-order valence-corrected chi connectivity index (χ1v) is 11.4. The van der Waals surface area contributed by atoms with E-state index in [0.29, 0.717) is 39.1 Å². The molecule has 4 aromatic rings. The quantitative estimate of drug-likeness (QED) is 0.306. The van der Waals surface area contributed by atoms with Gasteiger partial charge in [0, 0.05) is 27.3 Å². The first-order valence-electron chi connectivity index (χ1n) is 11.0. The minimum Gasteiger partial charge on any atom is -0.497 e. The van der Waals surface area contributed by atoms with E-state index in [4.69, 9.17) is 31.1 Å². The van der Waals surface area contributed by atoms with E-state index in [0.717, 1.165) is 11.1 Å². The Morgan fingerprint density at radius 1 is 0.657 bits per heavy atom. The van der Waals surface area contributed by atoms with Gasteiger partial charge in [-0.1, -0.05) is 72.3 Å². The van der Waals surface area contributed by atoms with Gasteiger partial charge in [0.15, 0.2) is 0 Å². The van der Waals surface area contributed by atoms with Gasteiger partial charge < -0.3 is 9.47 Å². The zero-order chi connectivity index (χ0) is 24.4. The van der Waals surface area contributed by atoms with Crippen molar-refractivity contribution in [2.45, 2.75) is 5.66 Å². The van der Waals surface area contributed by atoms with Gasteiger partial charge in [-0.2, -0.15) is 0 Å². The Hall–Kier alpha value is -3.96. The zero-order valence-corrected chi connectivity index (χ0v) is 20.0. The summed E-state index contributed by atoms with van der Waals surface area (Å²) in [5.41, 5.74) is 2.25. The van der Waals surface area contributed by atoms with Crippen molar-refractivity contribution in [2.24, 2.45) is 9.98 Å². The van der Waals surface area contributed by atoms with Crippen LogP contribution in [0.15, 0.2) is 107 Å². The molecule has 5 rings (SSSR count). The summed E-state index contributed by atoms with van der Waals surface area (Å²) < 4.78 is 26.3. The van der Waals surface area contributed by atoms with Crippen molar-refractivity contribution in [1.82, 2.24) is 0 Å². The average molecular weight is 485 g/mol. The average Bonchev–Trinajstić information content (AvgIpc) is 3.31. The summed E-state index contributed by atoms with van der Waals surface area (Å²) in [6, 6.07) is 28.9. The van der Waals surface area contributed by atoms with Gasteiger partial charge in [-0.25, -0.2) is 14.4 Å². The van der Waals surface area contributed by atoms with Crippen LogP contribution in [0.2, 0.25) is 5.02 Å². The molecule has 0 fully saturated rings. The molecule has 0 radical (unpaired) electrons. The Morgan fingerprint density at radius 2 is 1.17 bits per heavy atom. The van der Waals surface area contributed by atoms with Crippen LogP contribution in [0.3, 0.4) is 0 Å². The van der Waals surface area contributed by atoms with Crippen molar-refractivity contribution in [3.8, 4) is 11.5 Å². The van der Waals surface area contributed by atoms with Crippen LogP contribution in [-0.4, -0.2) is 25.6 Å². The fourth-order valence-corrected chi connectivity index (χ4v) is 4.54. The number of halogens is 2. The summed E-state index contributed by atoms with van der Waals surface area (Å²) in [5, 5.41) is 0.445. The summed E-state index contributed by atoms with van der Waals surface area (Å²) in [4.78, 5) is 10.3. The Bertz CT molecular complexity index is 1350. The molecule has 35 heavy (non-hydrogen) atoms. The number of ether oxygens (including phenoxy) is 2. The maximum atomic E-state index is 15.4. The number of hydrogen-bond donors (Lipinski definition) is 0. The lowest BCUT2D eigenvalue weighted by atomic mass is 9.92. The number of benzene rings is 4. The molecule has 0 saturated heterocycles. The Labute approximate surface area is 208 Å². The van der Waals surface area contributed by atoms with Crippen molar-refractivity contribution < 1.29 is 13.9 Å². The minimum atomic E-state index is -1.42. The van der Waals surface area contributed by atoms with Crippen LogP contribution in [0.1, 0.15) is 22.3 Å². The summed E-state index contributed by atoms with van der Waals surface area (Å²) in [6.45, 7) is 0. The van der Waals surface area contributed by atoms with Crippen molar-refractivity contribution in [3.63, 3.8) is 0 Å². The van der Waals surface area contributed by atoms with Gasteiger partial charge >= 0.3 is 0 Å². The summed E-state index contributed by atoms with van der Waals surface area (Å²) in [5.74, 6) is 0.935. The fourth-order valence-electron chi connectivity index (χ4n) is 4.27. The molecule has 4 aromatic carbocycles. The standard InChI is InChI=1S/C29H22ClFN2O2/c1-34-21-11-7-9-19(17-21)27-28(20-10-8-12-22(18-20)35-2)33-29(32-27,23-13-3-5-15-25(23)30)24-14-4-6-16-26(24)31/h3-18H,1-2H3. The summed E-state index contributed by atoms with van der Waals surface area (Å²) in [6.07, 6.45) is 0. The van der Waals surface area contributed by atoms with Gasteiger partial charge in [-0.3, -0.25) is 0 Å². The van der Waals surface area contributed by atoms with E-state index in [-0.39, 0.29) is 0 Å². The molecule has 0 N–H and O–H groups in total. The fraction of sp³-hybridized carbons (Fsp3) is 0.103. The molecule has 0 spiro atoms. The Morgan fingerprint density at radius 3 is 1.69 bits per heavy atom. The van der Waals surface area contributed by atoms with Gasteiger partial charge in [0.05, 0.1) is 25.6 Å². The molecule has 0 amide bonds. The predicted octanol–water partition coefficient (Wildman–Crippen LogP) is 6.69. The van der Waals surface area contributed by atoms with Gasteiger partial charge in [0.2, 0.25) is 5.66 Å². The molecule has 0 aromatic heterocycles. The molecule has 1 aliphatic heterocycles. The maximum absolute atomic E-state index is 15.4. The van der Waals surface area contributed by atoms with Crippen LogP contribution in [0, 0.1) is 5.82 Å². The van der Waals surface area contributed by atoms with Crippen LogP contribution in [0.4, 0.5) is 4.39 Å². The van der Waals surface area contributed by atoms with E-state index in [1.165, 1.54) is 6.07 Å². The van der Waals surface area contributed by atoms with Crippen LogP contribution in [-0.2, 0) is 5.66 Å². The van der Waals surface area contributed by atoms with E-state index < -0.39 is 11.5 Å². The van der Waals surface area contributed by atoms with E-state index in [9.17, 15) is 0 Å². The highest BCUT2D eigenvalue weighted by atomic mass is 35.5. The minimum absolute atomic E-state index is 0.311. The van der Waals surface area contributed by atoms with Crippen LogP contribution < -0.4 is 9.47 Å². The second kappa shape index (κ2) is 9.35. The van der Waals surface area contributed by atoms with Crippen molar-refractivity contribution in [1.29, 1.82) is 0 Å². The third kappa shape index (κ3) is 4.08. The molecule has 0 saturated carbocycles. The van der Waals surface area contributed by atoms with Gasteiger partial charge in [-0.05, 0) is 36.4 Å². The van der Waals surface area contributed by atoms with E-state index in [2.05, 4.69) is 0 Å². The highest BCUT2D eigenvalue weighted by molar-refractivity contribution is 6.54. The Balaban J connectivity index is 1.86. The monoisotopic (exact) mass is 484 g/mol. The second-order valence-electron chi connectivity index (χ2n) is 8.02. The normalized spacial score (nSPS) is 14.3. The molecular weight excluding hydrogens is 463 g/mol. The van der Waals surface area contributed by atoms with Crippen LogP contribution in [0.25, 0.3) is 0 Å². The molecule has 0 bridgehead atoms. The molecular formula is C29H22ClFN2O2. The van der Waals surface area contributed by atoms with Gasteiger partial charge in [0.1, 0.15) is 17.3 Å². The largest absolute Gasteiger partial charge is 0.497 e. The number of methoxy groups -OCH3 is 2. The van der Waals surface area contributed by atoms with E-state index >= 15 is 4.39 Å². The SMILES string of the molecule is COc1cccc(C2=NC(c3ccccc3F)(c3ccccc3Cl)N=C2c2cccc(OC)c2)c1. The van der Waals surface area contributed by atoms with E-state index in [1.54, 1.807) is 38.5 Å². The number of rotatable bonds is 6. The van der Waals surface area contributed by atoms with Crippen molar-refractivity contribution in [3.05, 3.63) is 130 Å². The second-order valence-corrected chi connectivity index (χ2v) is 8.42. The summed E-state index contributed by atoms with van der Waals surface area (Å²) in [7, 11) is 3.22. The van der Waals surface area contributed by atoms with Crippen molar-refractivity contribution >= 4 is 23.0 Å². The lowest BCUT2D eigenvalue weighted by Gasteiger charge is -2.26. The van der Waals surface area contributed by atoms with Gasteiger partial charge in [0.25, 0.3) is 0 Å². The first-order chi connectivity index (χ1) is 17.1. The number of hydrogen-bond acceptors (Lipinski definition) is 4. The zero-order valence-electron chi connectivity index (χ0n) is 19.2. The molecule has 6 heteroatoms. The molecule has 4 nitrogen and oxygen atoms in total.